The number of amides is 1. The molecule has 26 heavy (non-hydrogen) atoms. The maximum absolute atomic E-state index is 12.7. The Morgan fingerprint density at radius 2 is 2.31 bits per heavy atom. The van der Waals surface area contributed by atoms with Crippen LogP contribution in [0.1, 0.15) is 33.8 Å². The second kappa shape index (κ2) is 8.66. The lowest BCUT2D eigenvalue weighted by Gasteiger charge is -2.32. The van der Waals surface area contributed by atoms with Crippen LogP contribution in [0.3, 0.4) is 0 Å². The van der Waals surface area contributed by atoms with Crippen LogP contribution in [-0.4, -0.2) is 47.7 Å². The molecule has 0 radical (unpaired) electrons. The molecule has 1 saturated heterocycles. The third kappa shape index (κ3) is 4.25. The summed E-state index contributed by atoms with van der Waals surface area (Å²) in [6.45, 7) is 5.17. The Labute approximate surface area is 156 Å². The van der Waals surface area contributed by atoms with Gasteiger partial charge < -0.3 is 19.3 Å². The largest absolute Gasteiger partial charge is 0.379 e. The van der Waals surface area contributed by atoms with Crippen molar-refractivity contribution >= 4 is 17.7 Å². The zero-order chi connectivity index (χ0) is 18.5. The molecule has 1 N–H and O–H groups in total. The highest BCUT2D eigenvalue weighted by Crippen LogP contribution is 2.20. The summed E-state index contributed by atoms with van der Waals surface area (Å²) < 4.78 is 16.7. The van der Waals surface area contributed by atoms with Crippen molar-refractivity contribution in [1.82, 2.24) is 15.5 Å². The Hall–Kier alpha value is -1.90. The number of nitrogens with one attached hydrogen (secondary N) is 1. The molecule has 1 amide bonds. The minimum absolute atomic E-state index is 0.119. The average Bonchev–Trinajstić information content (AvgIpc) is 2.98. The maximum Gasteiger partial charge on any atom is 0.254 e. The van der Waals surface area contributed by atoms with E-state index in [1.807, 2.05) is 20.1 Å². The fraction of sp³-hybridized carbons (Fsp3) is 0.500. The van der Waals surface area contributed by atoms with E-state index in [0.717, 1.165) is 17.0 Å². The van der Waals surface area contributed by atoms with Crippen LogP contribution in [0.5, 0.6) is 0 Å². The Balaban J connectivity index is 1.66. The maximum atomic E-state index is 12.7. The molecule has 8 heteroatoms. The van der Waals surface area contributed by atoms with Crippen molar-refractivity contribution in [1.29, 1.82) is 0 Å². The molecule has 2 atom stereocenters. The van der Waals surface area contributed by atoms with E-state index in [4.69, 9.17) is 14.0 Å². The number of aryl methyl sites for hydroxylation is 2. The van der Waals surface area contributed by atoms with Crippen molar-refractivity contribution in [2.45, 2.75) is 44.0 Å². The number of thioether (sulfide) groups is 1. The molecule has 3 heterocycles. The molecule has 0 aromatic carbocycles. The minimum Gasteiger partial charge on any atom is -0.379 e. The first-order valence-corrected chi connectivity index (χ1v) is 9.73. The number of carbonyl (C=O) groups is 1. The quantitative estimate of drug-likeness (QED) is 0.774. The van der Waals surface area contributed by atoms with Crippen LogP contribution >= 0.6 is 11.8 Å². The summed E-state index contributed by atoms with van der Waals surface area (Å²) in [7, 11) is 0. The SMILES string of the molecule is CSc1ncccc1C(=O)N[C@@H]1CCOC[C@H]1OCc1c(C)noc1C. The van der Waals surface area contributed by atoms with Crippen LogP contribution in [0.4, 0.5) is 0 Å². The zero-order valence-corrected chi connectivity index (χ0v) is 16.0. The van der Waals surface area contributed by atoms with E-state index in [1.165, 1.54) is 11.8 Å². The first kappa shape index (κ1) is 18.9. The minimum atomic E-state index is -0.226. The highest BCUT2D eigenvalue weighted by molar-refractivity contribution is 7.98. The Morgan fingerprint density at radius 3 is 3.04 bits per heavy atom. The lowest BCUT2D eigenvalue weighted by atomic mass is 10.1. The Bertz CT molecular complexity index is 745. The summed E-state index contributed by atoms with van der Waals surface area (Å²) in [5.74, 6) is 0.611. The predicted molar refractivity (Wildman–Crippen MR) is 97.3 cm³/mol. The van der Waals surface area contributed by atoms with Crippen molar-refractivity contribution in [2.75, 3.05) is 19.5 Å². The smallest absolute Gasteiger partial charge is 0.254 e. The second-order valence-corrected chi connectivity index (χ2v) is 6.95. The van der Waals surface area contributed by atoms with Crippen LogP contribution in [0.25, 0.3) is 0 Å². The van der Waals surface area contributed by atoms with Crippen molar-refractivity contribution in [2.24, 2.45) is 0 Å². The van der Waals surface area contributed by atoms with Gasteiger partial charge in [0.05, 0.1) is 30.5 Å². The van der Waals surface area contributed by atoms with Gasteiger partial charge in [-0.25, -0.2) is 4.98 Å². The zero-order valence-electron chi connectivity index (χ0n) is 15.2. The summed E-state index contributed by atoms with van der Waals surface area (Å²) in [5, 5.41) is 7.74. The number of carbonyl (C=O) groups excluding carboxylic acids is 1. The van der Waals surface area contributed by atoms with Crippen LogP contribution < -0.4 is 5.32 Å². The normalized spacial score (nSPS) is 20.1. The number of rotatable bonds is 6. The number of nitrogens with zero attached hydrogens (tertiary/aromatic N) is 2. The summed E-state index contributed by atoms with van der Waals surface area (Å²) in [6.07, 6.45) is 4.07. The van der Waals surface area contributed by atoms with E-state index in [9.17, 15) is 4.79 Å². The number of hydrogen-bond acceptors (Lipinski definition) is 7. The van der Waals surface area contributed by atoms with E-state index < -0.39 is 0 Å². The molecular formula is C18H23N3O4S. The first-order chi connectivity index (χ1) is 12.6. The number of pyridine rings is 1. The lowest BCUT2D eigenvalue weighted by Crippen LogP contribution is -2.50. The van der Waals surface area contributed by atoms with Crippen molar-refractivity contribution in [3.63, 3.8) is 0 Å². The van der Waals surface area contributed by atoms with E-state index in [1.54, 1.807) is 18.3 Å². The molecule has 0 aliphatic carbocycles. The van der Waals surface area contributed by atoms with Crippen molar-refractivity contribution in [3.8, 4) is 0 Å². The van der Waals surface area contributed by atoms with Gasteiger partial charge in [-0.15, -0.1) is 11.8 Å². The average molecular weight is 377 g/mol. The molecule has 1 fully saturated rings. The topological polar surface area (TPSA) is 86.5 Å². The van der Waals surface area contributed by atoms with E-state index in [2.05, 4.69) is 15.5 Å². The fourth-order valence-electron chi connectivity index (χ4n) is 2.91. The molecule has 2 aromatic rings. The van der Waals surface area contributed by atoms with E-state index in [0.29, 0.717) is 36.8 Å². The molecule has 0 unspecified atom stereocenters. The standard InChI is InChI=1S/C18H23N3O4S/c1-11-14(12(2)25-21-11)9-24-16-10-23-8-6-15(16)20-17(22)13-5-4-7-19-18(13)26-3/h4-5,7,15-16H,6,8-10H2,1-3H3,(H,20,22)/t15-,16-/m1/s1. The molecule has 3 rings (SSSR count). The van der Waals surface area contributed by atoms with Crippen molar-refractivity contribution in [3.05, 3.63) is 40.9 Å². The highest BCUT2D eigenvalue weighted by Gasteiger charge is 2.29. The summed E-state index contributed by atoms with van der Waals surface area (Å²) in [4.78, 5) is 16.9. The molecule has 2 aromatic heterocycles. The monoisotopic (exact) mass is 377 g/mol. The van der Waals surface area contributed by atoms with Gasteiger partial charge in [0.2, 0.25) is 0 Å². The number of ether oxygens (including phenoxy) is 2. The van der Waals surface area contributed by atoms with Crippen LogP contribution in [0.2, 0.25) is 0 Å². The van der Waals surface area contributed by atoms with E-state index >= 15 is 0 Å². The molecule has 7 nitrogen and oxygen atoms in total. The molecule has 0 bridgehead atoms. The van der Waals surface area contributed by atoms with E-state index in [-0.39, 0.29) is 18.1 Å². The lowest BCUT2D eigenvalue weighted by molar-refractivity contribution is -0.0739. The van der Waals surface area contributed by atoms with Gasteiger partial charge in [0, 0.05) is 18.4 Å². The van der Waals surface area contributed by atoms with Gasteiger partial charge in [-0.3, -0.25) is 4.79 Å². The van der Waals surface area contributed by atoms with Gasteiger partial charge in [-0.2, -0.15) is 0 Å². The molecule has 1 aliphatic rings. The van der Waals surface area contributed by atoms with Gasteiger partial charge in [-0.05, 0) is 38.7 Å². The second-order valence-electron chi connectivity index (χ2n) is 6.16. The molecule has 0 spiro atoms. The van der Waals surface area contributed by atoms with Gasteiger partial charge >= 0.3 is 0 Å². The number of hydrogen-bond donors (Lipinski definition) is 1. The van der Waals surface area contributed by atoms with Crippen LogP contribution in [-0.2, 0) is 16.1 Å². The summed E-state index contributed by atoms with van der Waals surface area (Å²) in [5.41, 5.74) is 2.34. The van der Waals surface area contributed by atoms with Gasteiger partial charge in [-0.1, -0.05) is 5.16 Å². The summed E-state index contributed by atoms with van der Waals surface area (Å²) in [6, 6.07) is 3.43. The Morgan fingerprint density at radius 1 is 1.46 bits per heavy atom. The van der Waals surface area contributed by atoms with Crippen molar-refractivity contribution < 1.29 is 18.8 Å². The van der Waals surface area contributed by atoms with Gasteiger partial charge in [0.25, 0.3) is 5.91 Å². The Kier molecular flexibility index (Phi) is 6.29. The molecule has 1 aliphatic heterocycles. The van der Waals surface area contributed by atoms with Crippen LogP contribution in [0, 0.1) is 13.8 Å². The third-order valence-electron chi connectivity index (χ3n) is 4.45. The highest BCUT2D eigenvalue weighted by atomic mass is 32.2. The van der Waals surface area contributed by atoms with Gasteiger partial charge in [0.15, 0.2) is 0 Å². The first-order valence-electron chi connectivity index (χ1n) is 8.51. The molecular weight excluding hydrogens is 354 g/mol. The third-order valence-corrected chi connectivity index (χ3v) is 5.16. The van der Waals surface area contributed by atoms with Crippen LogP contribution in [0.15, 0.2) is 27.9 Å². The summed E-state index contributed by atoms with van der Waals surface area (Å²) >= 11 is 1.45. The van der Waals surface area contributed by atoms with Gasteiger partial charge in [0.1, 0.15) is 16.9 Å². The molecule has 0 saturated carbocycles. The predicted octanol–water partition coefficient (Wildman–Crippen LogP) is 2.51. The fourth-order valence-corrected chi connectivity index (χ4v) is 3.46. The molecule has 140 valence electrons. The number of aromatic nitrogens is 2.